The van der Waals surface area contributed by atoms with Gasteiger partial charge in [0.25, 0.3) is 0 Å². The Morgan fingerprint density at radius 1 is 1.21 bits per heavy atom. The average molecular weight is 281 g/mol. The van der Waals surface area contributed by atoms with E-state index in [-0.39, 0.29) is 0 Å². The van der Waals surface area contributed by atoms with Crippen LogP contribution in [0.25, 0.3) is 0 Å². The highest BCUT2D eigenvalue weighted by Crippen LogP contribution is 2.18. The summed E-state index contributed by atoms with van der Waals surface area (Å²) < 4.78 is 0. The van der Waals surface area contributed by atoms with Gasteiger partial charge in [0.2, 0.25) is 0 Å². The highest BCUT2D eigenvalue weighted by Gasteiger charge is 2.12. The summed E-state index contributed by atoms with van der Waals surface area (Å²) in [7, 11) is 2.16. The third-order valence-electron chi connectivity index (χ3n) is 3.93. The first-order chi connectivity index (χ1) is 9.25. The lowest BCUT2D eigenvalue weighted by Crippen LogP contribution is -2.36. The van der Waals surface area contributed by atoms with Crippen LogP contribution in [0.1, 0.15) is 37.7 Å². The number of halogens is 1. The summed E-state index contributed by atoms with van der Waals surface area (Å²) in [5, 5.41) is 4.55. The molecule has 0 aromatic heterocycles. The van der Waals surface area contributed by atoms with Crippen molar-refractivity contribution in [2.75, 3.05) is 20.1 Å². The molecular formula is C16H25ClN2. The van der Waals surface area contributed by atoms with E-state index in [1.165, 1.54) is 37.7 Å². The second-order valence-corrected chi connectivity index (χ2v) is 6.03. The first-order valence-corrected chi connectivity index (χ1v) is 7.79. The average Bonchev–Trinajstić information content (AvgIpc) is 2.43. The first kappa shape index (κ1) is 14.8. The molecule has 1 aromatic carbocycles. The molecule has 1 saturated carbocycles. The molecule has 2 rings (SSSR count). The predicted molar refractivity (Wildman–Crippen MR) is 82.7 cm³/mol. The minimum absolute atomic E-state index is 0.752. The molecule has 0 aliphatic heterocycles. The van der Waals surface area contributed by atoms with Crippen molar-refractivity contribution >= 4 is 11.6 Å². The van der Waals surface area contributed by atoms with E-state index in [0.717, 1.165) is 30.7 Å². The van der Waals surface area contributed by atoms with Gasteiger partial charge in [0.15, 0.2) is 0 Å². The van der Waals surface area contributed by atoms with Gasteiger partial charge in [0, 0.05) is 30.7 Å². The zero-order chi connectivity index (χ0) is 13.5. The maximum absolute atomic E-state index is 6.18. The maximum Gasteiger partial charge on any atom is 0.0451 e. The zero-order valence-corrected chi connectivity index (χ0v) is 12.6. The van der Waals surface area contributed by atoms with Gasteiger partial charge in [0.1, 0.15) is 0 Å². The molecule has 0 unspecified atom stereocenters. The third kappa shape index (κ3) is 5.13. The van der Waals surface area contributed by atoms with Crippen LogP contribution in [0.3, 0.4) is 0 Å². The number of nitrogens with zero attached hydrogens (tertiary/aromatic N) is 1. The number of hydrogen-bond donors (Lipinski definition) is 1. The molecule has 1 aliphatic rings. The van der Waals surface area contributed by atoms with Crippen LogP contribution in [0.2, 0.25) is 5.02 Å². The Balaban J connectivity index is 1.67. The highest BCUT2D eigenvalue weighted by atomic mass is 35.5. The molecule has 0 amide bonds. The third-order valence-corrected chi connectivity index (χ3v) is 4.30. The zero-order valence-electron chi connectivity index (χ0n) is 11.9. The first-order valence-electron chi connectivity index (χ1n) is 7.41. The Morgan fingerprint density at radius 2 is 1.95 bits per heavy atom. The standard InChI is InChI=1S/C16H25ClN2/c1-19(13-14-7-5-6-10-16(14)17)12-11-18-15-8-3-2-4-9-15/h5-7,10,15,18H,2-4,8-9,11-13H2,1H3. The molecule has 3 heteroatoms. The minimum Gasteiger partial charge on any atom is -0.313 e. The van der Waals surface area contributed by atoms with Crippen molar-refractivity contribution in [1.29, 1.82) is 0 Å². The Bertz CT molecular complexity index is 375. The molecule has 0 saturated heterocycles. The van der Waals surface area contributed by atoms with Gasteiger partial charge in [-0.25, -0.2) is 0 Å². The Hall–Kier alpha value is -0.570. The van der Waals surface area contributed by atoms with Crippen molar-refractivity contribution < 1.29 is 0 Å². The number of benzene rings is 1. The van der Waals surface area contributed by atoms with E-state index in [0.29, 0.717) is 0 Å². The smallest absolute Gasteiger partial charge is 0.0451 e. The van der Waals surface area contributed by atoms with Crippen LogP contribution in [0.15, 0.2) is 24.3 Å². The van der Waals surface area contributed by atoms with Gasteiger partial charge in [-0.2, -0.15) is 0 Å². The van der Waals surface area contributed by atoms with Crippen molar-refractivity contribution in [2.24, 2.45) is 0 Å². The van der Waals surface area contributed by atoms with E-state index in [1.54, 1.807) is 0 Å². The second kappa shape index (κ2) is 7.88. The number of hydrogen-bond acceptors (Lipinski definition) is 2. The van der Waals surface area contributed by atoms with Gasteiger partial charge in [-0.1, -0.05) is 49.1 Å². The fourth-order valence-electron chi connectivity index (χ4n) is 2.76. The highest BCUT2D eigenvalue weighted by molar-refractivity contribution is 6.31. The molecule has 0 atom stereocenters. The summed E-state index contributed by atoms with van der Waals surface area (Å²) in [5.41, 5.74) is 1.21. The van der Waals surface area contributed by atoms with E-state index in [9.17, 15) is 0 Å². The van der Waals surface area contributed by atoms with Gasteiger partial charge in [-0.15, -0.1) is 0 Å². The molecule has 1 aromatic rings. The van der Waals surface area contributed by atoms with Gasteiger partial charge in [0.05, 0.1) is 0 Å². The fourth-order valence-corrected chi connectivity index (χ4v) is 2.96. The second-order valence-electron chi connectivity index (χ2n) is 5.62. The molecule has 0 spiro atoms. The molecule has 1 N–H and O–H groups in total. The maximum atomic E-state index is 6.18. The van der Waals surface area contributed by atoms with Crippen LogP contribution in [0.4, 0.5) is 0 Å². The normalized spacial score (nSPS) is 17.0. The summed E-state index contributed by atoms with van der Waals surface area (Å²) >= 11 is 6.18. The summed E-state index contributed by atoms with van der Waals surface area (Å²) in [6.07, 6.45) is 6.92. The molecular weight excluding hydrogens is 256 g/mol. The lowest BCUT2D eigenvalue weighted by atomic mass is 9.95. The van der Waals surface area contributed by atoms with Crippen LogP contribution in [-0.4, -0.2) is 31.1 Å². The van der Waals surface area contributed by atoms with Crippen molar-refractivity contribution in [3.05, 3.63) is 34.9 Å². The molecule has 1 aliphatic carbocycles. The topological polar surface area (TPSA) is 15.3 Å². The SMILES string of the molecule is CN(CCNC1CCCCC1)Cc1ccccc1Cl. The van der Waals surface area contributed by atoms with E-state index in [2.05, 4.69) is 29.4 Å². The fraction of sp³-hybridized carbons (Fsp3) is 0.625. The van der Waals surface area contributed by atoms with E-state index in [1.807, 2.05) is 12.1 Å². The van der Waals surface area contributed by atoms with Crippen LogP contribution in [0, 0.1) is 0 Å². The summed E-state index contributed by atoms with van der Waals surface area (Å²) in [4.78, 5) is 2.33. The predicted octanol–water partition coefficient (Wildman–Crippen LogP) is 3.69. The molecule has 1 fully saturated rings. The summed E-state index contributed by atoms with van der Waals surface area (Å²) in [5.74, 6) is 0. The van der Waals surface area contributed by atoms with Crippen molar-refractivity contribution in [3.63, 3.8) is 0 Å². The largest absolute Gasteiger partial charge is 0.313 e. The molecule has 0 heterocycles. The van der Waals surface area contributed by atoms with Gasteiger partial charge in [-0.05, 0) is 31.5 Å². The number of rotatable bonds is 6. The summed E-state index contributed by atoms with van der Waals surface area (Å²) in [6.45, 7) is 3.07. The molecule has 19 heavy (non-hydrogen) atoms. The van der Waals surface area contributed by atoms with Crippen LogP contribution in [-0.2, 0) is 6.54 Å². The Morgan fingerprint density at radius 3 is 2.68 bits per heavy atom. The quantitative estimate of drug-likeness (QED) is 0.855. The number of likely N-dealkylation sites (N-methyl/N-ethyl adjacent to an activating group) is 1. The minimum atomic E-state index is 0.752. The van der Waals surface area contributed by atoms with Gasteiger partial charge >= 0.3 is 0 Å². The van der Waals surface area contributed by atoms with Crippen LogP contribution < -0.4 is 5.32 Å². The van der Waals surface area contributed by atoms with Crippen LogP contribution >= 0.6 is 11.6 Å². The van der Waals surface area contributed by atoms with Crippen molar-refractivity contribution in [3.8, 4) is 0 Å². The van der Waals surface area contributed by atoms with Crippen molar-refractivity contribution in [1.82, 2.24) is 10.2 Å². The molecule has 0 bridgehead atoms. The summed E-state index contributed by atoms with van der Waals surface area (Å²) in [6, 6.07) is 8.85. The molecule has 2 nitrogen and oxygen atoms in total. The van der Waals surface area contributed by atoms with Gasteiger partial charge in [-0.3, -0.25) is 0 Å². The van der Waals surface area contributed by atoms with E-state index >= 15 is 0 Å². The molecule has 106 valence electrons. The number of nitrogens with one attached hydrogen (secondary N) is 1. The monoisotopic (exact) mass is 280 g/mol. The lowest BCUT2D eigenvalue weighted by molar-refractivity contribution is 0.300. The Labute approximate surface area is 122 Å². The van der Waals surface area contributed by atoms with Crippen LogP contribution in [0.5, 0.6) is 0 Å². The molecule has 0 radical (unpaired) electrons. The van der Waals surface area contributed by atoms with E-state index < -0.39 is 0 Å². The lowest BCUT2D eigenvalue weighted by Gasteiger charge is -2.24. The van der Waals surface area contributed by atoms with E-state index in [4.69, 9.17) is 11.6 Å². The Kier molecular flexibility index (Phi) is 6.15. The van der Waals surface area contributed by atoms with Gasteiger partial charge < -0.3 is 10.2 Å². The van der Waals surface area contributed by atoms with Crippen molar-refractivity contribution in [2.45, 2.75) is 44.7 Å².